The number of esters is 1. The molecule has 2 aromatic rings. The second kappa shape index (κ2) is 9.98. The Morgan fingerprint density at radius 1 is 1.07 bits per heavy atom. The van der Waals surface area contributed by atoms with Gasteiger partial charge in [-0.05, 0) is 29.8 Å². The van der Waals surface area contributed by atoms with E-state index >= 15 is 0 Å². The van der Waals surface area contributed by atoms with Crippen LogP contribution in [0, 0.1) is 0 Å². The maximum Gasteiger partial charge on any atom is 0.323 e. The lowest BCUT2D eigenvalue weighted by molar-refractivity contribution is -0.146. The molecule has 9 heteroatoms. The minimum Gasteiger partial charge on any atom is -0.480 e. The van der Waals surface area contributed by atoms with E-state index in [-0.39, 0.29) is 18.8 Å². The van der Waals surface area contributed by atoms with E-state index in [4.69, 9.17) is 0 Å². The topological polar surface area (TPSA) is 117 Å². The van der Waals surface area contributed by atoms with Crippen LogP contribution in [0.25, 0.3) is 0 Å². The maximum absolute atomic E-state index is 12.4. The van der Waals surface area contributed by atoms with Crippen molar-refractivity contribution in [2.75, 3.05) is 23.0 Å². The molecule has 2 rings (SSSR count). The van der Waals surface area contributed by atoms with Gasteiger partial charge in [-0.25, -0.2) is 4.90 Å². The number of amides is 2. The minimum atomic E-state index is -1.03. The van der Waals surface area contributed by atoms with E-state index in [1.807, 2.05) is 6.07 Å². The van der Waals surface area contributed by atoms with Crippen molar-refractivity contribution < 1.29 is 29.0 Å². The number of carboxylic acid groups (broad SMARTS) is 1. The highest BCUT2D eigenvalue weighted by Gasteiger charge is 2.22. The van der Waals surface area contributed by atoms with Crippen molar-refractivity contribution in [3.8, 4) is 0 Å². The number of pyridine rings is 1. The van der Waals surface area contributed by atoms with Crippen molar-refractivity contribution in [1.29, 1.82) is 0 Å². The highest BCUT2D eigenvalue weighted by atomic mass is 16.5. The van der Waals surface area contributed by atoms with Gasteiger partial charge in [0.05, 0.1) is 5.69 Å². The number of nitrogens with zero attached hydrogens (tertiary/aromatic N) is 3. The Morgan fingerprint density at radius 2 is 1.79 bits per heavy atom. The number of carboxylic acids is 1. The van der Waals surface area contributed by atoms with Crippen LogP contribution in [-0.4, -0.2) is 47.0 Å². The molecule has 1 aromatic carbocycles. The van der Waals surface area contributed by atoms with E-state index < -0.39 is 30.4 Å². The molecule has 0 atom stereocenters. The van der Waals surface area contributed by atoms with Gasteiger partial charge in [0.2, 0.25) is 5.91 Å². The molecular formula is C20H21N3O6. The Hall–Kier alpha value is -3.75. The van der Waals surface area contributed by atoms with Crippen molar-refractivity contribution in [2.24, 2.45) is 0 Å². The van der Waals surface area contributed by atoms with Crippen molar-refractivity contribution in [3.05, 3.63) is 54.4 Å². The summed E-state index contributed by atoms with van der Waals surface area (Å²) in [5.41, 5.74) is 1.54. The molecule has 1 aromatic heterocycles. The molecule has 0 aliphatic heterocycles. The van der Waals surface area contributed by atoms with Gasteiger partial charge in [0, 0.05) is 38.5 Å². The van der Waals surface area contributed by atoms with Gasteiger partial charge in [-0.3, -0.25) is 24.2 Å². The number of aromatic nitrogens is 1. The summed E-state index contributed by atoms with van der Waals surface area (Å²) < 4.78 is 4.69. The van der Waals surface area contributed by atoms with Crippen LogP contribution in [-0.2, 0) is 30.5 Å². The van der Waals surface area contributed by atoms with Crippen LogP contribution >= 0.6 is 0 Å². The number of carbonyl (C=O) groups excluding carboxylic acids is 3. The number of carbonyl (C=O) groups is 4. The molecule has 0 saturated carbocycles. The van der Waals surface area contributed by atoms with Gasteiger partial charge in [0.15, 0.2) is 6.61 Å². The first-order valence-corrected chi connectivity index (χ1v) is 8.70. The minimum absolute atomic E-state index is 0.244. The smallest absolute Gasteiger partial charge is 0.323 e. The van der Waals surface area contributed by atoms with E-state index in [1.165, 1.54) is 13.0 Å². The summed E-state index contributed by atoms with van der Waals surface area (Å²) in [6.07, 6.45) is 3.24. The number of aliphatic carboxylic acids is 1. The van der Waals surface area contributed by atoms with Gasteiger partial charge in [0.25, 0.3) is 5.91 Å². The molecule has 1 heterocycles. The summed E-state index contributed by atoms with van der Waals surface area (Å²) in [6.45, 7) is 1.77. The van der Waals surface area contributed by atoms with Crippen LogP contribution in [0.2, 0.25) is 0 Å². The van der Waals surface area contributed by atoms with Gasteiger partial charge in [-0.1, -0.05) is 12.1 Å². The molecule has 9 nitrogen and oxygen atoms in total. The number of hydrogen-bond donors (Lipinski definition) is 1. The lowest BCUT2D eigenvalue weighted by Gasteiger charge is -2.25. The molecule has 2 amide bonds. The van der Waals surface area contributed by atoms with Gasteiger partial charge in [-0.15, -0.1) is 0 Å². The van der Waals surface area contributed by atoms with E-state index in [2.05, 4.69) is 9.72 Å². The molecule has 0 fully saturated rings. The number of benzene rings is 1. The lowest BCUT2D eigenvalue weighted by Crippen LogP contribution is -2.38. The zero-order chi connectivity index (χ0) is 21.4. The Morgan fingerprint density at radius 3 is 2.38 bits per heavy atom. The zero-order valence-corrected chi connectivity index (χ0v) is 16.1. The second-order valence-corrected chi connectivity index (χ2v) is 6.16. The van der Waals surface area contributed by atoms with E-state index in [0.717, 1.165) is 17.4 Å². The quantitative estimate of drug-likeness (QED) is 0.666. The highest BCUT2D eigenvalue weighted by molar-refractivity contribution is 6.14. The molecule has 0 spiro atoms. The number of hydrogen-bond acceptors (Lipinski definition) is 7. The van der Waals surface area contributed by atoms with Crippen LogP contribution in [0.4, 0.5) is 11.4 Å². The van der Waals surface area contributed by atoms with Gasteiger partial charge in [0.1, 0.15) is 6.54 Å². The standard InChI is InChI=1S/C20H21N3O6/c1-14(24)23(19(26)13-29-15(2)25)18-7-3-6-17(9-18)22(12-20(27)28)11-16-5-4-8-21-10-16/h3-10H,11-13H2,1-2H3,(H,27,28). The third-order valence-electron chi connectivity index (χ3n) is 3.84. The van der Waals surface area contributed by atoms with Crippen LogP contribution in [0.3, 0.4) is 0 Å². The fourth-order valence-corrected chi connectivity index (χ4v) is 2.67. The molecule has 1 N–H and O–H groups in total. The predicted octanol–water partition coefficient (Wildman–Crippen LogP) is 1.62. The van der Waals surface area contributed by atoms with Crippen LogP contribution < -0.4 is 9.80 Å². The van der Waals surface area contributed by atoms with Gasteiger partial charge < -0.3 is 14.7 Å². The monoisotopic (exact) mass is 399 g/mol. The molecular weight excluding hydrogens is 378 g/mol. The average molecular weight is 399 g/mol. The van der Waals surface area contributed by atoms with E-state index in [9.17, 15) is 24.3 Å². The van der Waals surface area contributed by atoms with E-state index in [0.29, 0.717) is 5.69 Å². The Bertz CT molecular complexity index is 900. The van der Waals surface area contributed by atoms with Crippen LogP contribution in [0.5, 0.6) is 0 Å². The largest absolute Gasteiger partial charge is 0.480 e. The molecule has 152 valence electrons. The molecule has 0 unspecified atom stereocenters. The molecule has 0 bridgehead atoms. The van der Waals surface area contributed by atoms with Crippen molar-refractivity contribution in [1.82, 2.24) is 4.98 Å². The average Bonchev–Trinajstić information content (AvgIpc) is 2.66. The Labute approximate surface area is 167 Å². The van der Waals surface area contributed by atoms with Crippen molar-refractivity contribution in [3.63, 3.8) is 0 Å². The Kier molecular flexibility index (Phi) is 7.41. The van der Waals surface area contributed by atoms with Crippen molar-refractivity contribution in [2.45, 2.75) is 20.4 Å². The first-order valence-electron chi connectivity index (χ1n) is 8.70. The van der Waals surface area contributed by atoms with Gasteiger partial charge >= 0.3 is 11.9 Å². The van der Waals surface area contributed by atoms with E-state index in [1.54, 1.807) is 41.6 Å². The molecule has 0 aliphatic carbocycles. The maximum atomic E-state index is 12.4. The predicted molar refractivity (Wildman–Crippen MR) is 104 cm³/mol. The van der Waals surface area contributed by atoms with Crippen LogP contribution in [0.15, 0.2) is 48.8 Å². The number of ether oxygens (including phenoxy) is 1. The lowest BCUT2D eigenvalue weighted by atomic mass is 10.2. The summed E-state index contributed by atoms with van der Waals surface area (Å²) in [5.74, 6) is -2.94. The summed E-state index contributed by atoms with van der Waals surface area (Å²) in [5, 5.41) is 9.28. The molecule has 0 saturated heterocycles. The highest BCUT2D eigenvalue weighted by Crippen LogP contribution is 2.24. The fraction of sp³-hybridized carbons (Fsp3) is 0.250. The molecule has 0 aliphatic rings. The number of rotatable bonds is 8. The SMILES string of the molecule is CC(=O)OCC(=O)N(C(C)=O)c1cccc(N(CC(=O)O)Cc2cccnc2)c1. The summed E-state index contributed by atoms with van der Waals surface area (Å²) in [4.78, 5) is 53.2. The third kappa shape index (κ3) is 6.42. The Balaban J connectivity index is 2.33. The summed E-state index contributed by atoms with van der Waals surface area (Å²) in [6, 6.07) is 9.92. The normalized spacial score (nSPS) is 10.1. The summed E-state index contributed by atoms with van der Waals surface area (Å²) >= 11 is 0. The number of imide groups is 1. The number of anilines is 2. The van der Waals surface area contributed by atoms with Crippen molar-refractivity contribution >= 4 is 35.1 Å². The zero-order valence-electron chi connectivity index (χ0n) is 16.1. The summed E-state index contributed by atoms with van der Waals surface area (Å²) in [7, 11) is 0. The first kappa shape index (κ1) is 21.5. The van der Waals surface area contributed by atoms with Gasteiger partial charge in [-0.2, -0.15) is 0 Å². The van der Waals surface area contributed by atoms with Crippen LogP contribution in [0.1, 0.15) is 19.4 Å². The second-order valence-electron chi connectivity index (χ2n) is 6.16. The fourth-order valence-electron chi connectivity index (χ4n) is 2.67. The molecule has 29 heavy (non-hydrogen) atoms. The third-order valence-corrected chi connectivity index (χ3v) is 3.84. The first-order chi connectivity index (χ1) is 13.8. The molecule has 0 radical (unpaired) electrons.